The molecule has 2 unspecified atom stereocenters. The van der Waals surface area contributed by atoms with E-state index < -0.39 is 6.10 Å². The van der Waals surface area contributed by atoms with Crippen LogP contribution in [0.15, 0.2) is 18.2 Å². The minimum atomic E-state index is -0.561. The summed E-state index contributed by atoms with van der Waals surface area (Å²) in [6.07, 6.45) is 1.62. The Bertz CT molecular complexity index is 471. The van der Waals surface area contributed by atoms with Gasteiger partial charge in [0.05, 0.1) is 11.7 Å². The highest BCUT2D eigenvalue weighted by Gasteiger charge is 2.29. The van der Waals surface area contributed by atoms with E-state index in [-0.39, 0.29) is 12.4 Å². The largest absolute Gasteiger partial charge is 0.454 e. The van der Waals surface area contributed by atoms with Crippen molar-refractivity contribution in [2.75, 3.05) is 26.5 Å². The molecular weight excluding hydrogens is 258 g/mol. The van der Waals surface area contributed by atoms with Gasteiger partial charge in [-0.25, -0.2) is 0 Å². The predicted molar refractivity (Wildman–Crippen MR) is 74.0 cm³/mol. The molecule has 20 heavy (non-hydrogen) atoms. The van der Waals surface area contributed by atoms with Crippen molar-refractivity contribution in [3.05, 3.63) is 23.8 Å². The highest BCUT2D eigenvalue weighted by atomic mass is 16.7. The third-order valence-corrected chi connectivity index (χ3v) is 3.92. The van der Waals surface area contributed by atoms with E-state index in [2.05, 4.69) is 12.2 Å². The minimum absolute atomic E-state index is 0.0887. The first kappa shape index (κ1) is 13.7. The molecule has 2 heterocycles. The number of aliphatic hydroxyl groups is 1. The Labute approximate surface area is 118 Å². The summed E-state index contributed by atoms with van der Waals surface area (Å²) in [6, 6.07) is 5.54. The summed E-state index contributed by atoms with van der Waals surface area (Å²) in [7, 11) is 0. The average molecular weight is 279 g/mol. The van der Waals surface area contributed by atoms with E-state index in [0.717, 1.165) is 37.3 Å². The van der Waals surface area contributed by atoms with Crippen LogP contribution in [0.2, 0.25) is 0 Å². The van der Waals surface area contributed by atoms with Gasteiger partial charge in [-0.1, -0.05) is 6.07 Å². The van der Waals surface area contributed by atoms with Gasteiger partial charge >= 0.3 is 0 Å². The number of nitrogens with one attached hydrogen (secondary N) is 1. The normalized spacial score (nSPS) is 25.9. The average Bonchev–Trinajstić information content (AvgIpc) is 3.06. The van der Waals surface area contributed by atoms with Crippen LogP contribution in [0.3, 0.4) is 0 Å². The molecular formula is C15H21NO4. The van der Waals surface area contributed by atoms with Crippen LogP contribution in [0.25, 0.3) is 0 Å². The summed E-state index contributed by atoms with van der Waals surface area (Å²) in [5, 5.41) is 13.5. The fourth-order valence-electron chi connectivity index (χ4n) is 2.69. The number of aliphatic hydroxyl groups excluding tert-OH is 1. The Hall–Kier alpha value is -1.30. The monoisotopic (exact) mass is 279 g/mol. The van der Waals surface area contributed by atoms with E-state index >= 15 is 0 Å². The Balaban J connectivity index is 1.52. The van der Waals surface area contributed by atoms with Gasteiger partial charge in [0, 0.05) is 19.7 Å². The number of hydrogen-bond acceptors (Lipinski definition) is 5. The molecule has 5 heteroatoms. The maximum absolute atomic E-state index is 10.2. The second kappa shape index (κ2) is 5.60. The summed E-state index contributed by atoms with van der Waals surface area (Å²) >= 11 is 0. The molecule has 0 aliphatic carbocycles. The van der Waals surface area contributed by atoms with Crippen molar-refractivity contribution in [3.8, 4) is 11.5 Å². The van der Waals surface area contributed by atoms with Crippen molar-refractivity contribution in [3.63, 3.8) is 0 Å². The van der Waals surface area contributed by atoms with E-state index in [9.17, 15) is 5.11 Å². The molecule has 1 saturated heterocycles. The lowest BCUT2D eigenvalue weighted by Gasteiger charge is -2.24. The van der Waals surface area contributed by atoms with Crippen LogP contribution >= 0.6 is 0 Å². The Kier molecular flexibility index (Phi) is 3.83. The van der Waals surface area contributed by atoms with Gasteiger partial charge < -0.3 is 24.6 Å². The van der Waals surface area contributed by atoms with Gasteiger partial charge in [0.25, 0.3) is 0 Å². The predicted octanol–water partition coefficient (Wildman–Crippen LogP) is 1.61. The molecule has 0 radical (unpaired) electrons. The molecule has 110 valence electrons. The molecule has 5 nitrogen and oxygen atoms in total. The number of rotatable bonds is 5. The van der Waals surface area contributed by atoms with E-state index in [1.165, 1.54) is 0 Å². The first-order valence-electron chi connectivity index (χ1n) is 7.09. The summed E-state index contributed by atoms with van der Waals surface area (Å²) in [6.45, 7) is 4.46. The lowest BCUT2D eigenvalue weighted by Crippen LogP contribution is -2.38. The molecule has 2 aliphatic heterocycles. The standard InChI is InChI=1S/C15H21NO4/c1-15(5-2-6-20-15)9-16-8-12(17)11-3-4-13-14(7-11)19-10-18-13/h3-4,7,12,16-17H,2,5-6,8-10H2,1H3. The van der Waals surface area contributed by atoms with Gasteiger partial charge in [-0.2, -0.15) is 0 Å². The van der Waals surface area contributed by atoms with Crippen LogP contribution in [0.5, 0.6) is 11.5 Å². The van der Waals surface area contributed by atoms with E-state index in [0.29, 0.717) is 12.3 Å². The SMILES string of the molecule is CC1(CNCC(O)c2ccc3c(c2)OCO3)CCCO1. The maximum atomic E-state index is 10.2. The molecule has 1 aromatic rings. The molecule has 0 aromatic heterocycles. The van der Waals surface area contributed by atoms with Gasteiger partial charge in [0.1, 0.15) is 0 Å². The molecule has 3 rings (SSSR count). The van der Waals surface area contributed by atoms with Crippen LogP contribution in [0.4, 0.5) is 0 Å². The van der Waals surface area contributed by atoms with Gasteiger partial charge in [0.2, 0.25) is 6.79 Å². The van der Waals surface area contributed by atoms with Crippen molar-refractivity contribution in [2.24, 2.45) is 0 Å². The molecule has 0 bridgehead atoms. The van der Waals surface area contributed by atoms with Crippen molar-refractivity contribution >= 4 is 0 Å². The fraction of sp³-hybridized carbons (Fsp3) is 0.600. The zero-order valence-corrected chi connectivity index (χ0v) is 11.7. The van der Waals surface area contributed by atoms with E-state index in [1.807, 2.05) is 18.2 Å². The number of fused-ring (bicyclic) bond motifs is 1. The fourth-order valence-corrected chi connectivity index (χ4v) is 2.69. The third kappa shape index (κ3) is 2.90. The topological polar surface area (TPSA) is 60.0 Å². The lowest BCUT2D eigenvalue weighted by atomic mass is 10.0. The second-order valence-corrected chi connectivity index (χ2v) is 5.66. The van der Waals surface area contributed by atoms with Gasteiger partial charge in [-0.05, 0) is 37.5 Å². The molecule has 2 atom stereocenters. The van der Waals surface area contributed by atoms with Crippen molar-refractivity contribution in [1.29, 1.82) is 0 Å². The number of benzene rings is 1. The molecule has 0 saturated carbocycles. The Morgan fingerprint density at radius 2 is 2.20 bits per heavy atom. The number of hydrogen-bond donors (Lipinski definition) is 2. The first-order chi connectivity index (χ1) is 9.66. The van der Waals surface area contributed by atoms with Gasteiger partial charge in [-0.15, -0.1) is 0 Å². The van der Waals surface area contributed by atoms with Crippen molar-refractivity contribution < 1.29 is 19.3 Å². The maximum Gasteiger partial charge on any atom is 0.231 e. The van der Waals surface area contributed by atoms with E-state index in [1.54, 1.807) is 0 Å². The molecule has 2 aliphatic rings. The summed E-state index contributed by atoms with van der Waals surface area (Å²) < 4.78 is 16.3. The van der Waals surface area contributed by atoms with E-state index in [4.69, 9.17) is 14.2 Å². The minimum Gasteiger partial charge on any atom is -0.454 e. The summed E-state index contributed by atoms with van der Waals surface area (Å²) in [5.41, 5.74) is 0.744. The van der Waals surface area contributed by atoms with Crippen molar-refractivity contribution in [1.82, 2.24) is 5.32 Å². The smallest absolute Gasteiger partial charge is 0.231 e. The lowest BCUT2D eigenvalue weighted by molar-refractivity contribution is 0.0185. The Morgan fingerprint density at radius 3 is 3.00 bits per heavy atom. The van der Waals surface area contributed by atoms with Crippen LogP contribution in [0.1, 0.15) is 31.4 Å². The van der Waals surface area contributed by atoms with Crippen LogP contribution in [-0.4, -0.2) is 37.2 Å². The van der Waals surface area contributed by atoms with Gasteiger partial charge in [0.15, 0.2) is 11.5 Å². The second-order valence-electron chi connectivity index (χ2n) is 5.66. The highest BCUT2D eigenvalue weighted by molar-refractivity contribution is 5.45. The van der Waals surface area contributed by atoms with Crippen LogP contribution < -0.4 is 14.8 Å². The highest BCUT2D eigenvalue weighted by Crippen LogP contribution is 2.34. The summed E-state index contributed by atoms with van der Waals surface area (Å²) in [5.74, 6) is 1.44. The third-order valence-electron chi connectivity index (χ3n) is 3.92. The van der Waals surface area contributed by atoms with Crippen LogP contribution in [-0.2, 0) is 4.74 Å². The summed E-state index contributed by atoms with van der Waals surface area (Å²) in [4.78, 5) is 0. The van der Waals surface area contributed by atoms with Crippen molar-refractivity contribution in [2.45, 2.75) is 31.5 Å². The first-order valence-corrected chi connectivity index (χ1v) is 7.09. The zero-order chi connectivity index (χ0) is 14.0. The molecule has 0 amide bonds. The zero-order valence-electron chi connectivity index (χ0n) is 11.7. The number of ether oxygens (including phenoxy) is 3. The van der Waals surface area contributed by atoms with Gasteiger partial charge in [-0.3, -0.25) is 0 Å². The molecule has 2 N–H and O–H groups in total. The Morgan fingerprint density at radius 1 is 1.35 bits per heavy atom. The molecule has 1 fully saturated rings. The molecule has 1 aromatic carbocycles. The molecule has 0 spiro atoms. The van der Waals surface area contributed by atoms with Crippen LogP contribution in [0, 0.1) is 0 Å². The quantitative estimate of drug-likeness (QED) is 0.857.